The molecule has 7 heteroatoms. The number of hydrogen-bond acceptors (Lipinski definition) is 5. The van der Waals surface area contributed by atoms with Crippen LogP contribution in [0.2, 0.25) is 0 Å². The summed E-state index contributed by atoms with van der Waals surface area (Å²) >= 11 is 3.52. The molecule has 1 fully saturated rings. The summed E-state index contributed by atoms with van der Waals surface area (Å²) in [5.74, 6) is -0.136. The number of nitrogens with one attached hydrogen (secondary N) is 1. The lowest BCUT2D eigenvalue weighted by molar-refractivity contribution is -0.919. The second kappa shape index (κ2) is 6.07. The largest absolute Gasteiger partial charge is 0.447 e. The molecule has 2 aromatic rings. The molecule has 4 heterocycles. The van der Waals surface area contributed by atoms with Crippen LogP contribution in [0.4, 0.5) is 4.79 Å². The minimum absolute atomic E-state index is 0.136. The molecule has 4 rings (SSSR count). The van der Waals surface area contributed by atoms with Crippen LogP contribution < -0.4 is 4.90 Å². The molecule has 2 aromatic heterocycles. The molecule has 0 aliphatic carbocycles. The third-order valence-corrected chi connectivity index (χ3v) is 6.37. The van der Waals surface area contributed by atoms with Gasteiger partial charge < -0.3 is 9.64 Å². The van der Waals surface area contributed by atoms with Gasteiger partial charge in [-0.25, -0.2) is 9.69 Å². The number of hydrogen-bond donors (Lipinski definition) is 1. The maximum atomic E-state index is 12.5. The highest BCUT2D eigenvalue weighted by Crippen LogP contribution is 2.31. The number of carbonyl (C=O) groups excluding carboxylic acids is 2. The van der Waals surface area contributed by atoms with Gasteiger partial charge in [0.05, 0.1) is 18.0 Å². The molecule has 2 amide bonds. The number of thiophene rings is 2. The first-order chi connectivity index (χ1) is 11.2. The molecular formula is C16H17N2O3S2+. The Balaban J connectivity index is 1.60. The maximum Gasteiger partial charge on any atom is 0.416 e. The van der Waals surface area contributed by atoms with Crippen molar-refractivity contribution < 1.29 is 19.2 Å². The molecule has 0 aromatic carbocycles. The SMILES string of the molecule is O=C(C[NH+]1CCc2sccc2[C@H]1c1cccs1)N1CCOC1=O. The Labute approximate surface area is 142 Å². The Morgan fingerprint density at radius 2 is 2.26 bits per heavy atom. The molecule has 2 atom stereocenters. The van der Waals surface area contributed by atoms with Crippen molar-refractivity contribution in [1.29, 1.82) is 0 Å². The second-order valence-electron chi connectivity index (χ2n) is 5.74. The van der Waals surface area contributed by atoms with E-state index in [0.717, 1.165) is 13.0 Å². The van der Waals surface area contributed by atoms with Crippen molar-refractivity contribution in [2.75, 3.05) is 26.2 Å². The van der Waals surface area contributed by atoms with Gasteiger partial charge in [-0.2, -0.15) is 0 Å². The molecule has 23 heavy (non-hydrogen) atoms. The third-order valence-electron chi connectivity index (χ3n) is 4.44. The Bertz CT molecular complexity index is 726. The van der Waals surface area contributed by atoms with Crippen LogP contribution in [0.25, 0.3) is 0 Å². The molecule has 2 aliphatic heterocycles. The smallest absolute Gasteiger partial charge is 0.416 e. The van der Waals surface area contributed by atoms with Crippen LogP contribution in [0, 0.1) is 0 Å². The number of imide groups is 1. The number of cyclic esters (lactones) is 1. The standard InChI is InChI=1S/C16H16N2O3S2/c19-14(18-6-7-21-16(18)20)10-17-5-3-12-11(4-9-23-12)15(17)13-2-1-8-22-13/h1-2,4,8-9,15H,3,5-7,10H2/p+1/t15-/m0/s1. The van der Waals surface area contributed by atoms with Gasteiger partial charge in [-0.3, -0.25) is 4.79 Å². The number of rotatable bonds is 3. The van der Waals surface area contributed by atoms with E-state index in [-0.39, 0.29) is 11.9 Å². The number of fused-ring (bicyclic) bond motifs is 1. The van der Waals surface area contributed by atoms with Crippen molar-refractivity contribution in [1.82, 2.24) is 4.90 Å². The highest BCUT2D eigenvalue weighted by molar-refractivity contribution is 7.10. The third kappa shape index (κ3) is 2.69. The molecule has 0 bridgehead atoms. The van der Waals surface area contributed by atoms with Crippen molar-refractivity contribution in [2.24, 2.45) is 0 Å². The van der Waals surface area contributed by atoms with Gasteiger partial charge in [-0.05, 0) is 22.9 Å². The minimum Gasteiger partial charge on any atom is -0.447 e. The molecule has 0 radical (unpaired) electrons. The molecular weight excluding hydrogens is 332 g/mol. The van der Waals surface area contributed by atoms with Gasteiger partial charge in [-0.1, -0.05) is 6.07 Å². The van der Waals surface area contributed by atoms with E-state index >= 15 is 0 Å². The topological polar surface area (TPSA) is 51.1 Å². The van der Waals surface area contributed by atoms with Crippen LogP contribution in [-0.4, -0.2) is 43.1 Å². The summed E-state index contributed by atoms with van der Waals surface area (Å²) < 4.78 is 4.88. The first kappa shape index (κ1) is 14.9. The highest BCUT2D eigenvalue weighted by atomic mass is 32.1. The molecule has 0 saturated carbocycles. The van der Waals surface area contributed by atoms with Gasteiger partial charge in [0.15, 0.2) is 6.54 Å². The summed E-state index contributed by atoms with van der Waals surface area (Å²) in [7, 11) is 0. The Morgan fingerprint density at radius 1 is 1.35 bits per heavy atom. The van der Waals surface area contributed by atoms with Crippen LogP contribution in [0.15, 0.2) is 29.0 Å². The Hall–Kier alpha value is -1.70. The molecule has 1 unspecified atom stereocenters. The molecule has 1 N–H and O–H groups in total. The van der Waals surface area contributed by atoms with Crippen molar-refractivity contribution in [3.63, 3.8) is 0 Å². The maximum absolute atomic E-state index is 12.5. The summed E-state index contributed by atoms with van der Waals surface area (Å²) in [4.78, 5) is 29.2. The van der Waals surface area contributed by atoms with Crippen molar-refractivity contribution >= 4 is 34.7 Å². The zero-order valence-electron chi connectivity index (χ0n) is 12.5. The normalized spacial score (nSPS) is 23.7. The number of quaternary nitrogens is 1. The Kier molecular flexibility index (Phi) is 3.92. The highest BCUT2D eigenvalue weighted by Gasteiger charge is 2.38. The van der Waals surface area contributed by atoms with Gasteiger partial charge >= 0.3 is 6.09 Å². The first-order valence-electron chi connectivity index (χ1n) is 7.65. The molecule has 1 saturated heterocycles. The summed E-state index contributed by atoms with van der Waals surface area (Å²) in [6, 6.07) is 6.56. The van der Waals surface area contributed by atoms with E-state index in [4.69, 9.17) is 4.74 Å². The zero-order chi connectivity index (χ0) is 15.8. The second-order valence-corrected chi connectivity index (χ2v) is 7.72. The fourth-order valence-electron chi connectivity index (χ4n) is 3.36. The minimum atomic E-state index is -0.504. The van der Waals surface area contributed by atoms with E-state index in [1.165, 1.54) is 25.1 Å². The first-order valence-corrected chi connectivity index (χ1v) is 9.41. The zero-order valence-corrected chi connectivity index (χ0v) is 14.1. The molecule has 2 aliphatic rings. The van der Waals surface area contributed by atoms with E-state index in [2.05, 4.69) is 29.0 Å². The monoisotopic (exact) mass is 349 g/mol. The molecule has 5 nitrogen and oxygen atoms in total. The van der Waals surface area contributed by atoms with Gasteiger partial charge in [0.25, 0.3) is 5.91 Å². The van der Waals surface area contributed by atoms with Gasteiger partial charge in [0, 0.05) is 16.9 Å². The summed E-state index contributed by atoms with van der Waals surface area (Å²) in [5, 5.41) is 4.21. The Morgan fingerprint density at radius 3 is 3.00 bits per heavy atom. The summed E-state index contributed by atoms with van der Waals surface area (Å²) in [5.41, 5.74) is 1.33. The van der Waals surface area contributed by atoms with Gasteiger partial charge in [-0.15, -0.1) is 22.7 Å². The molecule has 0 spiro atoms. The number of nitrogens with zero attached hydrogens (tertiary/aromatic N) is 1. The van der Waals surface area contributed by atoms with Crippen molar-refractivity contribution in [3.05, 3.63) is 44.3 Å². The van der Waals surface area contributed by atoms with E-state index < -0.39 is 6.09 Å². The quantitative estimate of drug-likeness (QED) is 0.909. The van der Waals surface area contributed by atoms with Crippen molar-refractivity contribution in [3.8, 4) is 0 Å². The lowest BCUT2D eigenvalue weighted by Crippen LogP contribution is -3.14. The number of carbonyl (C=O) groups is 2. The predicted molar refractivity (Wildman–Crippen MR) is 87.9 cm³/mol. The number of amides is 2. The van der Waals surface area contributed by atoms with E-state index in [1.54, 1.807) is 22.7 Å². The van der Waals surface area contributed by atoms with E-state index in [1.807, 2.05) is 0 Å². The predicted octanol–water partition coefficient (Wildman–Crippen LogP) is 1.32. The van der Waals surface area contributed by atoms with Gasteiger partial charge in [0.2, 0.25) is 0 Å². The van der Waals surface area contributed by atoms with E-state index in [0.29, 0.717) is 19.7 Å². The fourth-order valence-corrected chi connectivity index (χ4v) is 5.18. The number of ether oxygens (including phenoxy) is 1. The lowest BCUT2D eigenvalue weighted by Gasteiger charge is -2.32. The fraction of sp³-hybridized carbons (Fsp3) is 0.375. The van der Waals surface area contributed by atoms with Crippen molar-refractivity contribution in [2.45, 2.75) is 12.5 Å². The summed E-state index contributed by atoms with van der Waals surface area (Å²) in [6.07, 6.45) is 0.484. The van der Waals surface area contributed by atoms with Gasteiger partial charge in [0.1, 0.15) is 12.6 Å². The van der Waals surface area contributed by atoms with E-state index in [9.17, 15) is 9.59 Å². The molecule has 120 valence electrons. The van der Waals surface area contributed by atoms with Crippen LogP contribution in [-0.2, 0) is 16.0 Å². The average Bonchev–Trinajstić information content (AvgIpc) is 3.27. The lowest BCUT2D eigenvalue weighted by atomic mass is 9.98. The van der Waals surface area contributed by atoms with Crippen LogP contribution in [0.5, 0.6) is 0 Å². The van der Waals surface area contributed by atoms with Crippen LogP contribution in [0.3, 0.4) is 0 Å². The average molecular weight is 349 g/mol. The summed E-state index contributed by atoms with van der Waals surface area (Å²) in [6.45, 7) is 1.92. The van der Waals surface area contributed by atoms with Crippen LogP contribution >= 0.6 is 22.7 Å². The van der Waals surface area contributed by atoms with Crippen LogP contribution in [0.1, 0.15) is 21.4 Å².